The summed E-state index contributed by atoms with van der Waals surface area (Å²) < 4.78 is 5.14. The molecule has 1 aromatic carbocycles. The molecule has 0 unspecified atom stereocenters. The SMILES string of the molecule is Cc1occc1C(=O)N(C)c1ccc(C(N)=S)cc1. The summed E-state index contributed by atoms with van der Waals surface area (Å²) in [7, 11) is 1.71. The molecular weight excluding hydrogens is 260 g/mol. The smallest absolute Gasteiger partial charge is 0.261 e. The first-order valence-corrected chi connectivity index (χ1v) is 6.13. The largest absolute Gasteiger partial charge is 0.469 e. The maximum Gasteiger partial charge on any atom is 0.261 e. The normalized spacial score (nSPS) is 10.2. The molecular formula is C14H14N2O2S. The van der Waals surface area contributed by atoms with E-state index in [1.54, 1.807) is 37.1 Å². The number of aryl methyl sites for hydroxylation is 1. The van der Waals surface area contributed by atoms with Crippen LogP contribution in [0.3, 0.4) is 0 Å². The summed E-state index contributed by atoms with van der Waals surface area (Å²) in [6.45, 7) is 1.76. The van der Waals surface area contributed by atoms with Crippen LogP contribution in [0.4, 0.5) is 5.69 Å². The first-order valence-electron chi connectivity index (χ1n) is 5.72. The van der Waals surface area contributed by atoms with E-state index < -0.39 is 0 Å². The minimum absolute atomic E-state index is 0.116. The van der Waals surface area contributed by atoms with Crippen LogP contribution in [0.1, 0.15) is 21.7 Å². The predicted molar refractivity (Wildman–Crippen MR) is 78.5 cm³/mol. The van der Waals surface area contributed by atoms with Crippen molar-refractivity contribution >= 4 is 28.8 Å². The van der Waals surface area contributed by atoms with Gasteiger partial charge in [0.05, 0.1) is 11.8 Å². The fourth-order valence-electron chi connectivity index (χ4n) is 1.75. The van der Waals surface area contributed by atoms with Gasteiger partial charge in [0, 0.05) is 18.3 Å². The average molecular weight is 274 g/mol. The first-order chi connectivity index (χ1) is 9.00. The predicted octanol–water partition coefficient (Wildman–Crippen LogP) is 2.50. The number of rotatable bonds is 3. The molecule has 1 heterocycles. The average Bonchev–Trinajstić information content (AvgIpc) is 2.83. The number of nitrogens with zero attached hydrogens (tertiary/aromatic N) is 1. The van der Waals surface area contributed by atoms with Crippen LogP contribution in [0.15, 0.2) is 41.0 Å². The number of carbonyl (C=O) groups excluding carboxylic acids is 1. The third-order valence-corrected chi connectivity index (χ3v) is 3.17. The zero-order valence-corrected chi connectivity index (χ0v) is 11.5. The number of amides is 1. The molecule has 0 bridgehead atoms. The number of thiocarbonyl (C=S) groups is 1. The highest BCUT2D eigenvalue weighted by atomic mass is 32.1. The van der Waals surface area contributed by atoms with E-state index in [9.17, 15) is 4.79 Å². The van der Waals surface area contributed by atoms with E-state index in [2.05, 4.69) is 0 Å². The van der Waals surface area contributed by atoms with Gasteiger partial charge in [-0.15, -0.1) is 0 Å². The van der Waals surface area contributed by atoms with Crippen LogP contribution in [0, 0.1) is 6.92 Å². The van der Waals surface area contributed by atoms with E-state index >= 15 is 0 Å². The summed E-state index contributed by atoms with van der Waals surface area (Å²) in [6, 6.07) is 8.87. The van der Waals surface area contributed by atoms with Crippen molar-refractivity contribution in [3.05, 3.63) is 53.5 Å². The monoisotopic (exact) mass is 274 g/mol. The van der Waals surface area contributed by atoms with Crippen molar-refractivity contribution in [2.24, 2.45) is 5.73 Å². The van der Waals surface area contributed by atoms with Crippen molar-refractivity contribution in [2.45, 2.75) is 6.92 Å². The molecule has 5 heteroatoms. The van der Waals surface area contributed by atoms with Crippen molar-refractivity contribution in [3.8, 4) is 0 Å². The number of hydrogen-bond acceptors (Lipinski definition) is 3. The van der Waals surface area contributed by atoms with Gasteiger partial charge >= 0.3 is 0 Å². The molecule has 2 N–H and O–H groups in total. The second kappa shape index (κ2) is 5.24. The van der Waals surface area contributed by atoms with Crippen molar-refractivity contribution in [3.63, 3.8) is 0 Å². The summed E-state index contributed by atoms with van der Waals surface area (Å²) in [6.07, 6.45) is 1.51. The van der Waals surface area contributed by atoms with Gasteiger partial charge in [-0.2, -0.15) is 0 Å². The summed E-state index contributed by atoms with van der Waals surface area (Å²) in [5.41, 5.74) is 7.64. The molecule has 0 fully saturated rings. The lowest BCUT2D eigenvalue weighted by Gasteiger charge is -2.17. The van der Waals surface area contributed by atoms with Gasteiger partial charge in [-0.25, -0.2) is 0 Å². The topological polar surface area (TPSA) is 59.5 Å². The lowest BCUT2D eigenvalue weighted by atomic mass is 10.1. The number of furan rings is 1. The van der Waals surface area contributed by atoms with Gasteiger partial charge < -0.3 is 15.1 Å². The summed E-state index contributed by atoms with van der Waals surface area (Å²) in [4.78, 5) is 14.2. The van der Waals surface area contributed by atoms with Gasteiger partial charge in [-0.1, -0.05) is 12.2 Å². The zero-order chi connectivity index (χ0) is 14.0. The standard InChI is InChI=1S/C14H14N2O2S/c1-9-12(7-8-18-9)14(17)16(2)11-5-3-10(4-6-11)13(15)19/h3-8H,1-2H3,(H2,15,19). The molecule has 0 aliphatic rings. The van der Waals surface area contributed by atoms with Crippen LogP contribution in [0.2, 0.25) is 0 Å². The molecule has 1 aromatic heterocycles. The highest BCUT2D eigenvalue weighted by Gasteiger charge is 2.17. The Kier molecular flexibility index (Phi) is 3.66. The molecule has 0 saturated carbocycles. The van der Waals surface area contributed by atoms with E-state index in [-0.39, 0.29) is 5.91 Å². The maximum atomic E-state index is 12.3. The van der Waals surface area contributed by atoms with Gasteiger partial charge in [0.2, 0.25) is 0 Å². The van der Waals surface area contributed by atoms with Crippen LogP contribution in [-0.4, -0.2) is 17.9 Å². The van der Waals surface area contributed by atoms with Gasteiger partial charge in [-0.3, -0.25) is 4.79 Å². The summed E-state index contributed by atoms with van der Waals surface area (Å²) in [5, 5.41) is 0. The van der Waals surface area contributed by atoms with Gasteiger partial charge in [0.25, 0.3) is 5.91 Å². The summed E-state index contributed by atoms with van der Waals surface area (Å²) in [5.74, 6) is 0.492. The second-order valence-electron chi connectivity index (χ2n) is 4.17. The third-order valence-electron chi connectivity index (χ3n) is 2.93. The van der Waals surface area contributed by atoms with E-state index in [0.29, 0.717) is 16.3 Å². The highest BCUT2D eigenvalue weighted by Crippen LogP contribution is 2.18. The molecule has 98 valence electrons. The number of hydrogen-bond donors (Lipinski definition) is 1. The fourth-order valence-corrected chi connectivity index (χ4v) is 1.89. The van der Waals surface area contributed by atoms with Gasteiger partial charge in [0.15, 0.2) is 0 Å². The molecule has 0 aliphatic heterocycles. The minimum Gasteiger partial charge on any atom is -0.469 e. The first kappa shape index (κ1) is 13.3. The van der Waals surface area contributed by atoms with Gasteiger partial charge in [-0.05, 0) is 37.3 Å². The number of nitrogens with two attached hydrogens (primary N) is 1. The lowest BCUT2D eigenvalue weighted by Crippen LogP contribution is -2.26. The molecule has 0 atom stereocenters. The molecule has 19 heavy (non-hydrogen) atoms. The number of anilines is 1. The van der Waals surface area contributed by atoms with Crippen LogP contribution in [0.5, 0.6) is 0 Å². The maximum absolute atomic E-state index is 12.3. The van der Waals surface area contributed by atoms with E-state index in [1.165, 1.54) is 6.26 Å². The second-order valence-corrected chi connectivity index (χ2v) is 4.61. The van der Waals surface area contributed by atoms with Crippen molar-refractivity contribution in [1.82, 2.24) is 0 Å². The van der Waals surface area contributed by atoms with Gasteiger partial charge in [0.1, 0.15) is 10.7 Å². The highest BCUT2D eigenvalue weighted by molar-refractivity contribution is 7.80. The third kappa shape index (κ3) is 2.66. The number of carbonyl (C=O) groups is 1. The van der Waals surface area contributed by atoms with Crippen molar-refractivity contribution < 1.29 is 9.21 Å². The molecule has 0 aliphatic carbocycles. The van der Waals surface area contributed by atoms with Crippen LogP contribution in [0.25, 0.3) is 0 Å². The quantitative estimate of drug-likeness (QED) is 0.874. The Hall–Kier alpha value is -2.14. The Balaban J connectivity index is 2.24. The van der Waals surface area contributed by atoms with Crippen LogP contribution in [-0.2, 0) is 0 Å². The molecule has 0 radical (unpaired) electrons. The molecule has 0 saturated heterocycles. The molecule has 2 aromatic rings. The Labute approximate surface area is 116 Å². The lowest BCUT2D eigenvalue weighted by molar-refractivity contribution is 0.0991. The molecule has 1 amide bonds. The zero-order valence-electron chi connectivity index (χ0n) is 10.7. The Morgan fingerprint density at radius 1 is 1.26 bits per heavy atom. The molecule has 4 nitrogen and oxygen atoms in total. The van der Waals surface area contributed by atoms with Crippen molar-refractivity contribution in [1.29, 1.82) is 0 Å². The minimum atomic E-state index is -0.116. The van der Waals surface area contributed by atoms with Crippen molar-refractivity contribution in [2.75, 3.05) is 11.9 Å². The number of benzene rings is 1. The van der Waals surface area contributed by atoms with Crippen LogP contribution >= 0.6 is 12.2 Å². The Morgan fingerprint density at radius 2 is 1.89 bits per heavy atom. The Bertz CT molecular complexity index is 617. The van der Waals surface area contributed by atoms with E-state index in [0.717, 1.165) is 11.3 Å². The van der Waals surface area contributed by atoms with E-state index in [1.807, 2.05) is 12.1 Å². The molecule has 0 spiro atoms. The van der Waals surface area contributed by atoms with Crippen LogP contribution < -0.4 is 10.6 Å². The fraction of sp³-hybridized carbons (Fsp3) is 0.143. The summed E-state index contributed by atoms with van der Waals surface area (Å²) >= 11 is 4.89. The van der Waals surface area contributed by atoms with E-state index in [4.69, 9.17) is 22.4 Å². The Morgan fingerprint density at radius 3 is 2.37 bits per heavy atom. The molecule has 2 rings (SSSR count).